The Kier molecular flexibility index (Phi) is 4.00. The average molecular weight is 325 g/mol. The van der Waals surface area contributed by atoms with E-state index in [1.165, 1.54) is 10.9 Å². The molecule has 1 saturated heterocycles. The third kappa shape index (κ3) is 3.03. The highest BCUT2D eigenvalue weighted by atomic mass is 16.2. The number of para-hydroxylation sites is 1. The summed E-state index contributed by atoms with van der Waals surface area (Å²) in [4.78, 5) is 31.6. The number of fused-ring (bicyclic) bond motifs is 1. The van der Waals surface area contributed by atoms with Gasteiger partial charge >= 0.3 is 0 Å². The summed E-state index contributed by atoms with van der Waals surface area (Å²) in [6.45, 7) is 2.72. The van der Waals surface area contributed by atoms with Gasteiger partial charge < -0.3 is 14.8 Å². The molecule has 1 N–H and O–H groups in total. The molecule has 0 spiro atoms. The first-order valence-corrected chi connectivity index (χ1v) is 8.84. The SMILES string of the molecule is O=C(CCc1c[nH]c2ccccc12)N1CCN(C(=O)C2CC2)CC1. The molecule has 24 heavy (non-hydrogen) atoms. The number of carbonyl (C=O) groups is 2. The number of aromatic amines is 1. The van der Waals surface area contributed by atoms with E-state index in [9.17, 15) is 9.59 Å². The summed E-state index contributed by atoms with van der Waals surface area (Å²) in [5.41, 5.74) is 2.31. The lowest BCUT2D eigenvalue weighted by Crippen LogP contribution is -2.51. The fourth-order valence-electron chi connectivity index (χ4n) is 3.50. The average Bonchev–Trinajstić information content (AvgIpc) is 3.40. The fraction of sp³-hybridized carbons (Fsp3) is 0.474. The lowest BCUT2D eigenvalue weighted by Gasteiger charge is -2.35. The van der Waals surface area contributed by atoms with E-state index < -0.39 is 0 Å². The zero-order valence-corrected chi connectivity index (χ0v) is 13.8. The summed E-state index contributed by atoms with van der Waals surface area (Å²) in [6.07, 6.45) is 5.37. The molecule has 5 nitrogen and oxygen atoms in total. The molecule has 0 radical (unpaired) electrons. The smallest absolute Gasteiger partial charge is 0.225 e. The van der Waals surface area contributed by atoms with Crippen LogP contribution in [0.25, 0.3) is 10.9 Å². The van der Waals surface area contributed by atoms with Gasteiger partial charge in [-0.25, -0.2) is 0 Å². The molecule has 1 aliphatic heterocycles. The second-order valence-corrected chi connectivity index (χ2v) is 6.84. The number of aryl methyl sites for hydroxylation is 1. The lowest BCUT2D eigenvalue weighted by atomic mass is 10.1. The number of rotatable bonds is 4. The quantitative estimate of drug-likeness (QED) is 0.937. The van der Waals surface area contributed by atoms with Crippen molar-refractivity contribution < 1.29 is 9.59 Å². The lowest BCUT2D eigenvalue weighted by molar-refractivity contribution is -0.140. The third-order valence-corrected chi connectivity index (χ3v) is 5.15. The molecule has 2 fully saturated rings. The Bertz CT molecular complexity index is 755. The molecule has 2 aromatic rings. The van der Waals surface area contributed by atoms with Crippen molar-refractivity contribution in [2.45, 2.75) is 25.7 Å². The Hall–Kier alpha value is -2.30. The van der Waals surface area contributed by atoms with Crippen LogP contribution < -0.4 is 0 Å². The molecule has 1 saturated carbocycles. The van der Waals surface area contributed by atoms with Gasteiger partial charge in [0.15, 0.2) is 0 Å². The molecular formula is C19H23N3O2. The Morgan fingerprint density at radius 2 is 1.75 bits per heavy atom. The van der Waals surface area contributed by atoms with E-state index in [0.29, 0.717) is 38.5 Å². The van der Waals surface area contributed by atoms with Crippen LogP contribution in [0, 0.1) is 5.92 Å². The zero-order valence-electron chi connectivity index (χ0n) is 13.8. The maximum atomic E-state index is 12.5. The first kappa shape index (κ1) is 15.2. The van der Waals surface area contributed by atoms with Gasteiger partial charge in [-0.3, -0.25) is 9.59 Å². The minimum Gasteiger partial charge on any atom is -0.361 e. The van der Waals surface area contributed by atoms with Crippen molar-refractivity contribution in [3.05, 3.63) is 36.0 Å². The monoisotopic (exact) mass is 325 g/mol. The van der Waals surface area contributed by atoms with E-state index >= 15 is 0 Å². The van der Waals surface area contributed by atoms with E-state index in [-0.39, 0.29) is 11.8 Å². The second-order valence-electron chi connectivity index (χ2n) is 6.84. The predicted molar refractivity (Wildman–Crippen MR) is 92.5 cm³/mol. The van der Waals surface area contributed by atoms with E-state index in [1.807, 2.05) is 28.1 Å². The number of amides is 2. The number of aromatic nitrogens is 1. The molecule has 2 heterocycles. The van der Waals surface area contributed by atoms with Crippen molar-refractivity contribution >= 4 is 22.7 Å². The first-order chi connectivity index (χ1) is 11.7. The summed E-state index contributed by atoms with van der Waals surface area (Å²) in [7, 11) is 0. The van der Waals surface area contributed by atoms with E-state index in [1.54, 1.807) is 0 Å². The molecule has 2 amide bonds. The normalized spacial score (nSPS) is 18.2. The van der Waals surface area contributed by atoms with E-state index in [0.717, 1.165) is 24.8 Å². The highest BCUT2D eigenvalue weighted by Gasteiger charge is 2.35. The van der Waals surface area contributed by atoms with Crippen LogP contribution in [0.2, 0.25) is 0 Å². The number of hydrogen-bond acceptors (Lipinski definition) is 2. The standard InChI is InChI=1S/C19H23N3O2/c23-18(8-7-15-13-20-17-4-2-1-3-16(15)17)21-9-11-22(12-10-21)19(24)14-5-6-14/h1-4,13-14,20H,5-12H2. The summed E-state index contributed by atoms with van der Waals surface area (Å²) in [5, 5.41) is 1.20. The first-order valence-electron chi connectivity index (χ1n) is 8.84. The third-order valence-electron chi connectivity index (χ3n) is 5.15. The topological polar surface area (TPSA) is 56.4 Å². The molecule has 126 valence electrons. The van der Waals surface area contributed by atoms with Gasteiger partial charge in [-0.1, -0.05) is 18.2 Å². The highest BCUT2D eigenvalue weighted by Crippen LogP contribution is 2.31. The van der Waals surface area contributed by atoms with Crippen molar-refractivity contribution in [2.75, 3.05) is 26.2 Å². The predicted octanol–water partition coefficient (Wildman–Crippen LogP) is 2.18. The summed E-state index contributed by atoms with van der Waals surface area (Å²) >= 11 is 0. The number of carbonyl (C=O) groups excluding carboxylic acids is 2. The van der Waals surface area contributed by atoms with Gasteiger partial charge in [0.25, 0.3) is 0 Å². The van der Waals surface area contributed by atoms with Gasteiger partial charge in [0, 0.05) is 55.6 Å². The summed E-state index contributed by atoms with van der Waals surface area (Å²) < 4.78 is 0. The molecule has 1 aromatic heterocycles. The van der Waals surface area contributed by atoms with Gasteiger partial charge in [-0.05, 0) is 30.9 Å². The van der Waals surface area contributed by atoms with Crippen LogP contribution in [0.1, 0.15) is 24.8 Å². The largest absolute Gasteiger partial charge is 0.361 e. The van der Waals surface area contributed by atoms with Gasteiger partial charge in [-0.2, -0.15) is 0 Å². The molecule has 0 bridgehead atoms. The molecule has 2 aliphatic rings. The van der Waals surface area contributed by atoms with Crippen LogP contribution in [-0.4, -0.2) is 52.8 Å². The van der Waals surface area contributed by atoms with Gasteiger partial charge in [-0.15, -0.1) is 0 Å². The molecule has 5 heteroatoms. The van der Waals surface area contributed by atoms with Crippen molar-refractivity contribution in [3.8, 4) is 0 Å². The molecule has 1 aliphatic carbocycles. The van der Waals surface area contributed by atoms with Crippen molar-refractivity contribution in [3.63, 3.8) is 0 Å². The number of nitrogens with zero attached hydrogens (tertiary/aromatic N) is 2. The van der Waals surface area contributed by atoms with Crippen molar-refractivity contribution in [1.82, 2.24) is 14.8 Å². The van der Waals surface area contributed by atoms with Crippen LogP contribution >= 0.6 is 0 Å². The Labute approximate surface area is 141 Å². The fourth-order valence-corrected chi connectivity index (χ4v) is 3.50. The number of nitrogens with one attached hydrogen (secondary N) is 1. The number of benzene rings is 1. The van der Waals surface area contributed by atoms with E-state index in [2.05, 4.69) is 17.1 Å². The van der Waals surface area contributed by atoms with Crippen LogP contribution in [0.3, 0.4) is 0 Å². The molecular weight excluding hydrogens is 302 g/mol. The van der Waals surface area contributed by atoms with Crippen LogP contribution in [-0.2, 0) is 16.0 Å². The zero-order chi connectivity index (χ0) is 16.5. The molecule has 0 unspecified atom stereocenters. The number of H-pyrrole nitrogens is 1. The number of piperazine rings is 1. The minimum absolute atomic E-state index is 0.193. The van der Waals surface area contributed by atoms with Gasteiger partial charge in [0.2, 0.25) is 11.8 Å². The Morgan fingerprint density at radius 3 is 2.50 bits per heavy atom. The second kappa shape index (κ2) is 6.30. The molecule has 4 rings (SSSR count). The van der Waals surface area contributed by atoms with Crippen LogP contribution in [0.15, 0.2) is 30.5 Å². The van der Waals surface area contributed by atoms with Crippen LogP contribution in [0.4, 0.5) is 0 Å². The molecule has 0 atom stereocenters. The Balaban J connectivity index is 1.30. The Morgan fingerprint density at radius 1 is 1.04 bits per heavy atom. The van der Waals surface area contributed by atoms with E-state index in [4.69, 9.17) is 0 Å². The highest BCUT2D eigenvalue weighted by molar-refractivity contribution is 5.84. The van der Waals surface area contributed by atoms with Crippen molar-refractivity contribution in [2.24, 2.45) is 5.92 Å². The molecule has 1 aromatic carbocycles. The van der Waals surface area contributed by atoms with Gasteiger partial charge in [0.05, 0.1) is 0 Å². The van der Waals surface area contributed by atoms with Crippen molar-refractivity contribution in [1.29, 1.82) is 0 Å². The number of hydrogen-bond donors (Lipinski definition) is 1. The maximum Gasteiger partial charge on any atom is 0.225 e. The summed E-state index contributed by atoms with van der Waals surface area (Å²) in [6, 6.07) is 8.18. The van der Waals surface area contributed by atoms with Crippen LogP contribution in [0.5, 0.6) is 0 Å². The summed E-state index contributed by atoms with van der Waals surface area (Å²) in [5.74, 6) is 0.758. The maximum absolute atomic E-state index is 12.5. The van der Waals surface area contributed by atoms with Gasteiger partial charge in [0.1, 0.15) is 0 Å². The minimum atomic E-state index is 0.193.